The Kier molecular flexibility index (Phi) is 6.42. The molecular formula is C19H24N2O3S. The first-order chi connectivity index (χ1) is 11.8. The van der Waals surface area contributed by atoms with Gasteiger partial charge in [0, 0.05) is 29.6 Å². The third kappa shape index (κ3) is 4.95. The number of nitrogens with one attached hydrogen (secondary N) is 1. The Labute approximate surface area is 152 Å². The van der Waals surface area contributed by atoms with Gasteiger partial charge >= 0.3 is 0 Å². The Morgan fingerprint density at radius 2 is 1.88 bits per heavy atom. The number of nitrogens with zero attached hydrogens (tertiary/aromatic N) is 1. The van der Waals surface area contributed by atoms with Crippen molar-refractivity contribution < 1.29 is 14.1 Å². The minimum atomic E-state index is -0.0809. The van der Waals surface area contributed by atoms with Crippen molar-refractivity contribution in [3.05, 3.63) is 45.7 Å². The van der Waals surface area contributed by atoms with Crippen LogP contribution in [0.25, 0.3) is 0 Å². The molecule has 1 heterocycles. The minimum Gasteiger partial charge on any atom is -0.360 e. The van der Waals surface area contributed by atoms with Gasteiger partial charge in [-0.1, -0.05) is 11.2 Å². The highest BCUT2D eigenvalue weighted by molar-refractivity contribution is 7.98. The molecule has 0 spiro atoms. The molecule has 0 fully saturated rings. The first kappa shape index (κ1) is 19.2. The van der Waals surface area contributed by atoms with Gasteiger partial charge in [0.15, 0.2) is 11.6 Å². The van der Waals surface area contributed by atoms with Gasteiger partial charge in [-0.2, -0.15) is 11.8 Å². The number of hydrogen-bond donors (Lipinski definition) is 1. The number of rotatable bonds is 7. The van der Waals surface area contributed by atoms with E-state index < -0.39 is 0 Å². The van der Waals surface area contributed by atoms with E-state index in [1.165, 1.54) is 11.1 Å². The lowest BCUT2D eigenvalue weighted by atomic mass is 9.92. The largest absolute Gasteiger partial charge is 0.360 e. The number of Topliss-reactive ketones (excluding diaryl/α,β-unsaturated/α-hetero) is 1. The summed E-state index contributed by atoms with van der Waals surface area (Å²) in [5.74, 6) is 2.62. The molecule has 0 saturated heterocycles. The van der Waals surface area contributed by atoms with E-state index in [0.29, 0.717) is 23.8 Å². The first-order valence-electron chi connectivity index (χ1n) is 8.21. The van der Waals surface area contributed by atoms with E-state index in [9.17, 15) is 9.59 Å². The topological polar surface area (TPSA) is 72.2 Å². The maximum Gasteiger partial charge on any atom is 0.226 e. The molecule has 6 heteroatoms. The molecule has 0 aliphatic heterocycles. The number of carbonyl (C=O) groups excluding carboxylic acids is 2. The number of anilines is 1. The van der Waals surface area contributed by atoms with Crippen LogP contribution >= 0.6 is 11.8 Å². The quantitative estimate of drug-likeness (QED) is 0.586. The lowest BCUT2D eigenvalue weighted by Gasteiger charge is -2.15. The van der Waals surface area contributed by atoms with Gasteiger partial charge in [0.1, 0.15) is 5.76 Å². The van der Waals surface area contributed by atoms with Gasteiger partial charge in [-0.3, -0.25) is 9.59 Å². The molecular weight excluding hydrogens is 336 g/mol. The van der Waals surface area contributed by atoms with Gasteiger partial charge in [0.05, 0.1) is 0 Å². The lowest BCUT2D eigenvalue weighted by Crippen LogP contribution is -2.12. The summed E-state index contributed by atoms with van der Waals surface area (Å²) in [6.45, 7) is 9.44. The number of carbonyl (C=O) groups is 2. The maximum absolute atomic E-state index is 11.9. The zero-order valence-electron chi connectivity index (χ0n) is 15.4. The SMILES string of the molecule is CC(=O)c1c(C)cc(C)c(CSCCC(=O)Nc2cc(C)on2)c1C. The van der Waals surface area contributed by atoms with E-state index in [0.717, 1.165) is 22.4 Å². The molecule has 134 valence electrons. The molecule has 0 aliphatic carbocycles. The van der Waals surface area contributed by atoms with E-state index in [-0.39, 0.29) is 11.7 Å². The van der Waals surface area contributed by atoms with Gasteiger partial charge in [-0.15, -0.1) is 0 Å². The Balaban J connectivity index is 1.90. The fraction of sp³-hybridized carbons (Fsp3) is 0.421. The molecule has 25 heavy (non-hydrogen) atoms. The number of thioether (sulfide) groups is 1. The van der Waals surface area contributed by atoms with Crippen LogP contribution in [0.2, 0.25) is 0 Å². The molecule has 1 aromatic carbocycles. The van der Waals surface area contributed by atoms with E-state index in [4.69, 9.17) is 4.52 Å². The molecule has 0 atom stereocenters. The Morgan fingerprint density at radius 1 is 1.16 bits per heavy atom. The van der Waals surface area contributed by atoms with Crippen LogP contribution < -0.4 is 5.32 Å². The van der Waals surface area contributed by atoms with Crippen LogP contribution in [0.4, 0.5) is 5.82 Å². The van der Waals surface area contributed by atoms with Crippen LogP contribution in [-0.4, -0.2) is 22.6 Å². The van der Waals surface area contributed by atoms with Gasteiger partial charge in [-0.05, 0) is 56.9 Å². The second-order valence-electron chi connectivity index (χ2n) is 6.22. The highest BCUT2D eigenvalue weighted by atomic mass is 32.2. The number of aryl methyl sites for hydroxylation is 3. The highest BCUT2D eigenvalue weighted by Crippen LogP contribution is 2.26. The average Bonchev–Trinajstić information content (AvgIpc) is 2.90. The summed E-state index contributed by atoms with van der Waals surface area (Å²) in [7, 11) is 0. The fourth-order valence-corrected chi connectivity index (χ4v) is 4.08. The normalized spacial score (nSPS) is 10.8. The average molecular weight is 360 g/mol. The van der Waals surface area contributed by atoms with Crippen molar-refractivity contribution >= 4 is 29.3 Å². The molecule has 5 nitrogen and oxygen atoms in total. The molecule has 0 radical (unpaired) electrons. The van der Waals surface area contributed by atoms with Crippen molar-refractivity contribution in [1.82, 2.24) is 5.16 Å². The summed E-state index contributed by atoms with van der Waals surface area (Å²) in [5, 5.41) is 6.46. The summed E-state index contributed by atoms with van der Waals surface area (Å²) in [6, 6.07) is 3.76. The van der Waals surface area contributed by atoms with Crippen molar-refractivity contribution in [3.63, 3.8) is 0 Å². The molecule has 1 N–H and O–H groups in total. The maximum atomic E-state index is 11.9. The molecule has 1 aromatic heterocycles. The van der Waals surface area contributed by atoms with Crippen molar-refractivity contribution in [3.8, 4) is 0 Å². The van der Waals surface area contributed by atoms with E-state index in [1.807, 2.05) is 13.8 Å². The molecule has 0 bridgehead atoms. The Bertz CT molecular complexity index is 796. The first-order valence-corrected chi connectivity index (χ1v) is 9.36. The second-order valence-corrected chi connectivity index (χ2v) is 7.32. The summed E-state index contributed by atoms with van der Waals surface area (Å²) in [5.41, 5.74) is 5.28. The summed E-state index contributed by atoms with van der Waals surface area (Å²) in [4.78, 5) is 23.8. The predicted octanol–water partition coefficient (Wildman–Crippen LogP) is 4.37. The summed E-state index contributed by atoms with van der Waals surface area (Å²) in [6.07, 6.45) is 0.403. The van der Waals surface area contributed by atoms with E-state index in [2.05, 4.69) is 23.5 Å². The minimum absolute atomic E-state index is 0.0809. The molecule has 0 aliphatic rings. The van der Waals surface area contributed by atoms with Crippen LogP contribution in [0, 0.1) is 27.7 Å². The molecule has 2 rings (SSSR count). The molecule has 2 aromatic rings. The number of ketones is 1. The van der Waals surface area contributed by atoms with Crippen molar-refractivity contribution in [2.45, 2.75) is 46.8 Å². The molecule has 0 unspecified atom stereocenters. The van der Waals surface area contributed by atoms with Crippen molar-refractivity contribution in [2.75, 3.05) is 11.1 Å². The van der Waals surface area contributed by atoms with Crippen LogP contribution in [0.5, 0.6) is 0 Å². The standard InChI is InChI=1S/C19H24N2O3S/c1-11-8-12(2)19(15(5)22)14(4)16(11)10-25-7-6-18(23)20-17-9-13(3)24-21-17/h8-9H,6-7,10H2,1-5H3,(H,20,21,23). The lowest BCUT2D eigenvalue weighted by molar-refractivity contribution is -0.115. The van der Waals surface area contributed by atoms with Crippen LogP contribution in [0.1, 0.15) is 51.7 Å². The smallest absolute Gasteiger partial charge is 0.226 e. The highest BCUT2D eigenvalue weighted by Gasteiger charge is 2.14. The van der Waals surface area contributed by atoms with E-state index in [1.54, 1.807) is 31.7 Å². The predicted molar refractivity (Wildman–Crippen MR) is 101 cm³/mol. The van der Waals surface area contributed by atoms with Gasteiger partial charge in [-0.25, -0.2) is 0 Å². The number of amides is 1. The summed E-state index contributed by atoms with van der Waals surface area (Å²) < 4.78 is 4.92. The van der Waals surface area contributed by atoms with Gasteiger partial charge < -0.3 is 9.84 Å². The summed E-state index contributed by atoms with van der Waals surface area (Å²) >= 11 is 1.69. The fourth-order valence-electron chi connectivity index (χ4n) is 2.96. The number of benzene rings is 1. The van der Waals surface area contributed by atoms with Crippen LogP contribution in [0.3, 0.4) is 0 Å². The number of hydrogen-bond acceptors (Lipinski definition) is 5. The molecule has 0 saturated carbocycles. The van der Waals surface area contributed by atoms with Gasteiger partial charge in [0.2, 0.25) is 5.91 Å². The third-order valence-corrected chi connectivity index (χ3v) is 5.08. The zero-order chi connectivity index (χ0) is 18.6. The van der Waals surface area contributed by atoms with Crippen molar-refractivity contribution in [2.24, 2.45) is 0 Å². The Morgan fingerprint density at radius 3 is 2.48 bits per heavy atom. The third-order valence-electron chi connectivity index (χ3n) is 4.10. The number of aromatic nitrogens is 1. The van der Waals surface area contributed by atoms with Crippen molar-refractivity contribution in [1.29, 1.82) is 0 Å². The monoisotopic (exact) mass is 360 g/mol. The van der Waals surface area contributed by atoms with Gasteiger partial charge in [0.25, 0.3) is 0 Å². The Hall–Kier alpha value is -2.08. The van der Waals surface area contributed by atoms with Crippen LogP contribution in [0.15, 0.2) is 16.7 Å². The second kappa shape index (κ2) is 8.34. The van der Waals surface area contributed by atoms with Crippen LogP contribution in [-0.2, 0) is 10.5 Å². The molecule has 1 amide bonds. The zero-order valence-corrected chi connectivity index (χ0v) is 16.2. The van der Waals surface area contributed by atoms with E-state index >= 15 is 0 Å².